The number of hydrogen-bond donors (Lipinski definition) is 0. The zero-order valence-electron chi connectivity index (χ0n) is 8.53. The Hall–Kier alpha value is -0.370. The summed E-state index contributed by atoms with van der Waals surface area (Å²) in [5.41, 5.74) is 4.14. The van der Waals surface area contributed by atoms with E-state index in [1.54, 1.807) is 0 Å². The van der Waals surface area contributed by atoms with Gasteiger partial charge in [-0.2, -0.15) is 0 Å². The maximum Gasteiger partial charge on any atom is 0.129 e. The summed E-state index contributed by atoms with van der Waals surface area (Å²) < 4.78 is 13.7. The van der Waals surface area contributed by atoms with Crippen molar-refractivity contribution in [2.75, 3.05) is 0 Å². The molecule has 1 aliphatic carbocycles. The van der Waals surface area contributed by atoms with Crippen molar-refractivity contribution in [3.05, 3.63) is 34.1 Å². The first-order valence-electron chi connectivity index (χ1n) is 5.04. The van der Waals surface area contributed by atoms with Gasteiger partial charge < -0.3 is 0 Å². The van der Waals surface area contributed by atoms with Gasteiger partial charge in [-0.15, -0.1) is 0 Å². The summed E-state index contributed by atoms with van der Waals surface area (Å²) >= 11 is 3.63. The highest BCUT2D eigenvalue weighted by Gasteiger charge is 2.22. The highest BCUT2D eigenvalue weighted by molar-refractivity contribution is 9.09. The van der Waals surface area contributed by atoms with Crippen molar-refractivity contribution in [2.24, 2.45) is 0 Å². The maximum absolute atomic E-state index is 13.7. The molecule has 0 radical (unpaired) electrons. The normalized spacial score (nSPS) is 20.7. The SMILES string of the molecule is Cc1cc2c(c(C)c1F)C(Br)CCC2. The second-order valence-electron chi connectivity index (χ2n) is 4.07. The van der Waals surface area contributed by atoms with E-state index in [4.69, 9.17) is 0 Å². The number of halogens is 2. The van der Waals surface area contributed by atoms with E-state index < -0.39 is 0 Å². The van der Waals surface area contributed by atoms with E-state index in [1.807, 2.05) is 19.9 Å². The highest BCUT2D eigenvalue weighted by Crippen LogP contribution is 2.39. The van der Waals surface area contributed by atoms with Crippen molar-refractivity contribution in [3.63, 3.8) is 0 Å². The quantitative estimate of drug-likeness (QED) is 0.610. The molecule has 0 aromatic heterocycles. The van der Waals surface area contributed by atoms with Crippen LogP contribution in [0.25, 0.3) is 0 Å². The van der Waals surface area contributed by atoms with Crippen LogP contribution in [0.2, 0.25) is 0 Å². The van der Waals surface area contributed by atoms with E-state index >= 15 is 0 Å². The van der Waals surface area contributed by atoms with E-state index in [0.29, 0.717) is 4.83 Å². The van der Waals surface area contributed by atoms with Crippen molar-refractivity contribution in [1.29, 1.82) is 0 Å². The fourth-order valence-electron chi connectivity index (χ4n) is 2.32. The van der Waals surface area contributed by atoms with Crippen LogP contribution >= 0.6 is 15.9 Å². The van der Waals surface area contributed by atoms with Gasteiger partial charge in [-0.1, -0.05) is 22.0 Å². The lowest BCUT2D eigenvalue weighted by atomic mass is 9.87. The summed E-state index contributed by atoms with van der Waals surface area (Å²) in [6, 6.07) is 2.01. The number of aryl methyl sites for hydroxylation is 2. The molecule has 0 spiro atoms. The molecule has 0 nitrogen and oxygen atoms in total. The largest absolute Gasteiger partial charge is 0.206 e. The predicted octanol–water partition coefficient (Wildman–Crippen LogP) is 4.21. The van der Waals surface area contributed by atoms with Gasteiger partial charge in [-0.25, -0.2) is 4.39 Å². The highest BCUT2D eigenvalue weighted by atomic mass is 79.9. The van der Waals surface area contributed by atoms with Gasteiger partial charge in [0.25, 0.3) is 0 Å². The first kappa shape index (κ1) is 10.2. The minimum atomic E-state index is -0.0323. The summed E-state index contributed by atoms with van der Waals surface area (Å²) in [7, 11) is 0. The van der Waals surface area contributed by atoms with Gasteiger partial charge in [0.2, 0.25) is 0 Å². The molecule has 1 atom stereocenters. The van der Waals surface area contributed by atoms with E-state index in [9.17, 15) is 4.39 Å². The molecule has 0 fully saturated rings. The number of fused-ring (bicyclic) bond motifs is 1. The fourth-order valence-corrected chi connectivity index (χ4v) is 3.28. The average molecular weight is 257 g/mol. The summed E-state index contributed by atoms with van der Waals surface area (Å²) in [4.78, 5) is 0.348. The molecule has 14 heavy (non-hydrogen) atoms. The van der Waals surface area contributed by atoms with E-state index in [2.05, 4.69) is 15.9 Å². The van der Waals surface area contributed by atoms with E-state index in [0.717, 1.165) is 24.0 Å². The first-order valence-corrected chi connectivity index (χ1v) is 5.95. The molecular weight excluding hydrogens is 243 g/mol. The molecule has 0 heterocycles. The topological polar surface area (TPSA) is 0 Å². The zero-order chi connectivity index (χ0) is 10.3. The second kappa shape index (κ2) is 3.65. The second-order valence-corrected chi connectivity index (χ2v) is 5.17. The standard InChI is InChI=1S/C12H14BrF/c1-7-6-9-4-3-5-10(13)11(9)8(2)12(7)14/h6,10H,3-5H2,1-2H3. The van der Waals surface area contributed by atoms with Crippen LogP contribution in [0.15, 0.2) is 6.07 Å². The van der Waals surface area contributed by atoms with Crippen LogP contribution in [-0.2, 0) is 6.42 Å². The van der Waals surface area contributed by atoms with Gasteiger partial charge >= 0.3 is 0 Å². The summed E-state index contributed by atoms with van der Waals surface area (Å²) in [6.07, 6.45) is 3.42. The number of alkyl halides is 1. The summed E-state index contributed by atoms with van der Waals surface area (Å²) in [6.45, 7) is 3.74. The van der Waals surface area contributed by atoms with Crippen LogP contribution in [-0.4, -0.2) is 0 Å². The summed E-state index contributed by atoms with van der Waals surface area (Å²) in [5.74, 6) is -0.0323. The molecule has 0 saturated heterocycles. The maximum atomic E-state index is 13.7. The molecule has 0 N–H and O–H groups in total. The Morgan fingerprint density at radius 2 is 2.14 bits per heavy atom. The van der Waals surface area contributed by atoms with Crippen molar-refractivity contribution in [3.8, 4) is 0 Å². The Kier molecular flexibility index (Phi) is 2.65. The fraction of sp³-hybridized carbons (Fsp3) is 0.500. The van der Waals surface area contributed by atoms with Gasteiger partial charge in [-0.3, -0.25) is 0 Å². The lowest BCUT2D eigenvalue weighted by molar-refractivity contribution is 0.593. The Morgan fingerprint density at radius 3 is 2.86 bits per heavy atom. The molecule has 1 aromatic rings. The van der Waals surface area contributed by atoms with Crippen LogP contribution in [0, 0.1) is 19.7 Å². The third-order valence-electron chi connectivity index (χ3n) is 3.03. The smallest absolute Gasteiger partial charge is 0.129 e. The van der Waals surface area contributed by atoms with E-state index in [1.165, 1.54) is 17.5 Å². The molecule has 1 aliphatic rings. The van der Waals surface area contributed by atoms with Gasteiger partial charge in [0.15, 0.2) is 0 Å². The Bertz CT molecular complexity index is 371. The molecule has 0 bridgehead atoms. The van der Waals surface area contributed by atoms with Crippen LogP contribution < -0.4 is 0 Å². The van der Waals surface area contributed by atoms with Crippen molar-refractivity contribution >= 4 is 15.9 Å². The molecule has 76 valence electrons. The molecule has 0 amide bonds. The Balaban J connectivity index is 2.64. The van der Waals surface area contributed by atoms with Gasteiger partial charge in [0, 0.05) is 4.83 Å². The molecule has 2 rings (SSSR count). The average Bonchev–Trinajstić information content (AvgIpc) is 2.14. The monoisotopic (exact) mass is 256 g/mol. The van der Waals surface area contributed by atoms with E-state index in [-0.39, 0.29) is 5.82 Å². The minimum absolute atomic E-state index is 0.0323. The molecule has 1 aromatic carbocycles. The van der Waals surface area contributed by atoms with Crippen molar-refractivity contribution in [1.82, 2.24) is 0 Å². The molecule has 1 unspecified atom stereocenters. The predicted molar refractivity (Wildman–Crippen MR) is 60.5 cm³/mol. The Labute approximate surface area is 92.6 Å². The van der Waals surface area contributed by atoms with Crippen LogP contribution in [0.1, 0.15) is 39.9 Å². The minimum Gasteiger partial charge on any atom is -0.206 e. The summed E-state index contributed by atoms with van der Waals surface area (Å²) in [5, 5.41) is 0. The Morgan fingerprint density at radius 1 is 1.43 bits per heavy atom. The lowest BCUT2D eigenvalue weighted by Crippen LogP contribution is -2.09. The third-order valence-corrected chi connectivity index (χ3v) is 3.95. The number of hydrogen-bond acceptors (Lipinski definition) is 0. The first-order chi connectivity index (χ1) is 6.61. The molecule has 2 heteroatoms. The van der Waals surface area contributed by atoms with Crippen LogP contribution in [0.4, 0.5) is 4.39 Å². The zero-order valence-corrected chi connectivity index (χ0v) is 10.1. The van der Waals surface area contributed by atoms with Gasteiger partial charge in [0.05, 0.1) is 0 Å². The van der Waals surface area contributed by atoms with Crippen molar-refractivity contribution in [2.45, 2.75) is 37.9 Å². The van der Waals surface area contributed by atoms with Crippen LogP contribution in [0.5, 0.6) is 0 Å². The lowest BCUT2D eigenvalue weighted by Gasteiger charge is -2.24. The van der Waals surface area contributed by atoms with Crippen molar-refractivity contribution < 1.29 is 4.39 Å². The van der Waals surface area contributed by atoms with Gasteiger partial charge in [-0.05, 0) is 55.4 Å². The molecular formula is C12H14BrF. The molecule has 0 saturated carbocycles. The third kappa shape index (κ3) is 1.50. The number of benzene rings is 1. The van der Waals surface area contributed by atoms with Gasteiger partial charge in [0.1, 0.15) is 5.82 Å². The number of rotatable bonds is 0. The molecule has 0 aliphatic heterocycles. The van der Waals surface area contributed by atoms with Crippen LogP contribution in [0.3, 0.4) is 0 Å².